The molecule has 2 aliphatic rings. The molecule has 1 aliphatic carbocycles. The van der Waals surface area contributed by atoms with E-state index in [2.05, 4.69) is 10.2 Å². The highest BCUT2D eigenvalue weighted by Gasteiger charge is 2.26. The topological polar surface area (TPSA) is 79.0 Å². The van der Waals surface area contributed by atoms with Crippen LogP contribution in [-0.4, -0.2) is 72.8 Å². The number of piperazine rings is 1. The van der Waals surface area contributed by atoms with E-state index in [-0.39, 0.29) is 30.4 Å². The number of carbonyl (C=O) groups excluding carboxylic acids is 3. The fourth-order valence-electron chi connectivity index (χ4n) is 3.29. The third-order valence-electron chi connectivity index (χ3n) is 5.09. The number of ether oxygens (including phenoxy) is 1. The fraction of sp³-hybridized carbons (Fsp3) is 0.571. The second-order valence-electron chi connectivity index (χ2n) is 7.38. The van der Waals surface area contributed by atoms with Crippen molar-refractivity contribution in [1.29, 1.82) is 0 Å². The summed E-state index contributed by atoms with van der Waals surface area (Å²) in [5, 5.41) is 2.99. The van der Waals surface area contributed by atoms with Gasteiger partial charge in [-0.15, -0.1) is 0 Å². The van der Waals surface area contributed by atoms with E-state index >= 15 is 0 Å². The van der Waals surface area contributed by atoms with Gasteiger partial charge in [0.2, 0.25) is 11.8 Å². The molecular formula is C21H29N3O4. The highest BCUT2D eigenvalue weighted by molar-refractivity contribution is 5.98. The number of carbonyl (C=O) groups is 3. The summed E-state index contributed by atoms with van der Waals surface area (Å²) in [6, 6.07) is 7.41. The average molecular weight is 387 g/mol. The summed E-state index contributed by atoms with van der Waals surface area (Å²) in [6.07, 6.45) is 2.60. The Hall–Kier alpha value is -2.41. The molecule has 0 radical (unpaired) electrons. The van der Waals surface area contributed by atoms with Crippen molar-refractivity contribution in [3.63, 3.8) is 0 Å². The number of nitrogens with one attached hydrogen (secondary N) is 1. The van der Waals surface area contributed by atoms with Crippen molar-refractivity contribution < 1.29 is 19.1 Å². The van der Waals surface area contributed by atoms with Gasteiger partial charge in [-0.3, -0.25) is 19.3 Å². The Balaban J connectivity index is 1.36. The van der Waals surface area contributed by atoms with E-state index in [0.29, 0.717) is 50.9 Å². The Labute approximate surface area is 166 Å². The van der Waals surface area contributed by atoms with Crippen molar-refractivity contribution in [1.82, 2.24) is 15.1 Å². The van der Waals surface area contributed by atoms with Gasteiger partial charge in [-0.1, -0.05) is 0 Å². The molecule has 1 aliphatic heterocycles. The van der Waals surface area contributed by atoms with Crippen LogP contribution in [0.2, 0.25) is 0 Å². The summed E-state index contributed by atoms with van der Waals surface area (Å²) in [7, 11) is 0. The van der Waals surface area contributed by atoms with Crippen LogP contribution in [0, 0.1) is 0 Å². The SMILES string of the molecule is CCOc1ccc(C(=O)CCC(=O)N2CCN(CC(=O)NC3CC3)CC2)cc1. The van der Waals surface area contributed by atoms with Crippen molar-refractivity contribution in [2.45, 2.75) is 38.6 Å². The normalized spacial score (nSPS) is 17.2. The molecule has 1 saturated heterocycles. The lowest BCUT2D eigenvalue weighted by Crippen LogP contribution is -2.51. The van der Waals surface area contributed by atoms with Crippen molar-refractivity contribution in [2.24, 2.45) is 0 Å². The first-order valence-electron chi connectivity index (χ1n) is 10.1. The molecule has 1 aromatic rings. The number of nitrogens with zero attached hydrogens (tertiary/aromatic N) is 2. The van der Waals surface area contributed by atoms with E-state index in [1.54, 1.807) is 29.2 Å². The van der Waals surface area contributed by atoms with Crippen LogP contribution in [0.3, 0.4) is 0 Å². The number of Topliss-reactive ketones (excluding diaryl/α,β-unsaturated/α-hetero) is 1. The maximum Gasteiger partial charge on any atom is 0.234 e. The zero-order chi connectivity index (χ0) is 19.9. The number of amides is 2. The van der Waals surface area contributed by atoms with E-state index < -0.39 is 0 Å². The number of ketones is 1. The molecule has 0 bridgehead atoms. The molecule has 0 unspecified atom stereocenters. The number of rotatable bonds is 9. The molecule has 0 aromatic heterocycles. The minimum absolute atomic E-state index is 0.00127. The summed E-state index contributed by atoms with van der Waals surface area (Å²) in [6.45, 7) is 5.48. The van der Waals surface area contributed by atoms with Gasteiger partial charge >= 0.3 is 0 Å². The summed E-state index contributed by atoms with van der Waals surface area (Å²) >= 11 is 0. The zero-order valence-corrected chi connectivity index (χ0v) is 16.5. The first kappa shape index (κ1) is 20.3. The Morgan fingerprint density at radius 2 is 1.71 bits per heavy atom. The van der Waals surface area contributed by atoms with Crippen LogP contribution in [0.1, 0.15) is 43.0 Å². The van der Waals surface area contributed by atoms with Crippen molar-refractivity contribution in [3.8, 4) is 5.75 Å². The quantitative estimate of drug-likeness (QED) is 0.649. The molecule has 1 aromatic carbocycles. The predicted octanol–water partition coefficient (Wildman–Crippen LogP) is 1.47. The Bertz CT molecular complexity index is 692. The summed E-state index contributed by atoms with van der Waals surface area (Å²) in [5.41, 5.74) is 0.600. The second kappa shape index (κ2) is 9.68. The van der Waals surface area contributed by atoms with Gasteiger partial charge in [-0.2, -0.15) is 0 Å². The molecule has 0 spiro atoms. The highest BCUT2D eigenvalue weighted by Crippen LogP contribution is 2.18. The molecule has 7 nitrogen and oxygen atoms in total. The maximum atomic E-state index is 12.4. The van der Waals surface area contributed by atoms with Crippen LogP contribution < -0.4 is 10.1 Å². The average Bonchev–Trinajstić information content (AvgIpc) is 3.51. The molecule has 1 saturated carbocycles. The van der Waals surface area contributed by atoms with Gasteiger partial charge in [-0.05, 0) is 44.0 Å². The van der Waals surface area contributed by atoms with Crippen LogP contribution in [0.15, 0.2) is 24.3 Å². The molecule has 0 atom stereocenters. The largest absolute Gasteiger partial charge is 0.494 e. The molecule has 7 heteroatoms. The fourth-order valence-corrected chi connectivity index (χ4v) is 3.29. The smallest absolute Gasteiger partial charge is 0.234 e. The molecule has 28 heavy (non-hydrogen) atoms. The summed E-state index contributed by atoms with van der Waals surface area (Å²) < 4.78 is 5.37. The third-order valence-corrected chi connectivity index (χ3v) is 5.09. The lowest BCUT2D eigenvalue weighted by atomic mass is 10.1. The molecule has 3 rings (SSSR count). The number of hydrogen-bond acceptors (Lipinski definition) is 5. The Morgan fingerprint density at radius 1 is 1.04 bits per heavy atom. The maximum absolute atomic E-state index is 12.4. The van der Waals surface area contributed by atoms with E-state index in [4.69, 9.17) is 4.74 Å². The van der Waals surface area contributed by atoms with Gasteiger partial charge in [-0.25, -0.2) is 0 Å². The van der Waals surface area contributed by atoms with Gasteiger partial charge < -0.3 is 15.0 Å². The van der Waals surface area contributed by atoms with Crippen LogP contribution in [0.4, 0.5) is 0 Å². The number of benzene rings is 1. The Kier molecular flexibility index (Phi) is 7.03. The molecule has 1 heterocycles. The van der Waals surface area contributed by atoms with Gasteiger partial charge in [0, 0.05) is 50.6 Å². The number of hydrogen-bond donors (Lipinski definition) is 1. The summed E-state index contributed by atoms with van der Waals surface area (Å²) in [4.78, 5) is 40.5. The van der Waals surface area contributed by atoms with Crippen LogP contribution >= 0.6 is 0 Å². The van der Waals surface area contributed by atoms with Gasteiger partial charge in [0.25, 0.3) is 0 Å². The van der Waals surface area contributed by atoms with Crippen molar-refractivity contribution in [2.75, 3.05) is 39.3 Å². The predicted molar refractivity (Wildman–Crippen MR) is 105 cm³/mol. The van der Waals surface area contributed by atoms with Crippen LogP contribution in [0.5, 0.6) is 5.75 Å². The molecule has 2 fully saturated rings. The van der Waals surface area contributed by atoms with Gasteiger partial charge in [0.1, 0.15) is 5.75 Å². The van der Waals surface area contributed by atoms with E-state index in [1.165, 1.54) is 0 Å². The van der Waals surface area contributed by atoms with Crippen LogP contribution in [-0.2, 0) is 9.59 Å². The third kappa shape index (κ3) is 6.05. The summed E-state index contributed by atoms with van der Waals surface area (Å²) in [5.74, 6) is 0.773. The first-order valence-corrected chi connectivity index (χ1v) is 10.1. The van der Waals surface area contributed by atoms with Gasteiger partial charge in [0.15, 0.2) is 5.78 Å². The van der Waals surface area contributed by atoms with E-state index in [9.17, 15) is 14.4 Å². The molecule has 152 valence electrons. The molecule has 2 amide bonds. The zero-order valence-electron chi connectivity index (χ0n) is 16.5. The van der Waals surface area contributed by atoms with Crippen molar-refractivity contribution >= 4 is 17.6 Å². The second-order valence-corrected chi connectivity index (χ2v) is 7.38. The molecule has 1 N–H and O–H groups in total. The van der Waals surface area contributed by atoms with E-state index in [0.717, 1.165) is 18.6 Å². The lowest BCUT2D eigenvalue weighted by molar-refractivity contribution is -0.133. The minimum atomic E-state index is -0.0354. The Morgan fingerprint density at radius 3 is 2.32 bits per heavy atom. The van der Waals surface area contributed by atoms with Crippen molar-refractivity contribution in [3.05, 3.63) is 29.8 Å². The first-order chi connectivity index (χ1) is 13.5. The lowest BCUT2D eigenvalue weighted by Gasteiger charge is -2.34. The standard InChI is InChI=1S/C21H29N3O4/c1-2-28-18-7-3-16(4-8-18)19(25)9-10-21(27)24-13-11-23(12-14-24)15-20(26)22-17-5-6-17/h3-4,7-8,17H,2,5-6,9-15H2,1H3,(H,22,26). The minimum Gasteiger partial charge on any atom is -0.494 e. The monoisotopic (exact) mass is 387 g/mol. The van der Waals surface area contributed by atoms with Crippen LogP contribution in [0.25, 0.3) is 0 Å². The van der Waals surface area contributed by atoms with Gasteiger partial charge in [0.05, 0.1) is 13.2 Å². The van der Waals surface area contributed by atoms with E-state index in [1.807, 2.05) is 6.92 Å². The molecular weight excluding hydrogens is 358 g/mol. The highest BCUT2D eigenvalue weighted by atomic mass is 16.5.